The highest BCUT2D eigenvalue weighted by molar-refractivity contribution is 6.00. The van der Waals surface area contributed by atoms with Crippen molar-refractivity contribution in [3.63, 3.8) is 0 Å². The lowest BCUT2D eigenvalue weighted by Crippen LogP contribution is -2.22. The van der Waals surface area contributed by atoms with E-state index in [-0.39, 0.29) is 11.3 Å². The maximum absolute atomic E-state index is 12.1. The third-order valence-electron chi connectivity index (χ3n) is 6.37. The first kappa shape index (κ1) is 24.4. The van der Waals surface area contributed by atoms with Gasteiger partial charge in [0.25, 0.3) is 5.91 Å². The lowest BCUT2D eigenvalue weighted by Gasteiger charge is -2.21. The first-order valence-electron chi connectivity index (χ1n) is 12.5. The van der Waals surface area contributed by atoms with Gasteiger partial charge in [0.1, 0.15) is 0 Å². The van der Waals surface area contributed by atoms with Gasteiger partial charge in [0, 0.05) is 35.6 Å². The van der Waals surface area contributed by atoms with Crippen LogP contribution in [-0.4, -0.2) is 32.2 Å². The summed E-state index contributed by atoms with van der Waals surface area (Å²) in [5, 5.41) is 10.5. The normalized spacial score (nSPS) is 11.9. The van der Waals surface area contributed by atoms with Crippen LogP contribution in [0.15, 0.2) is 67.0 Å². The van der Waals surface area contributed by atoms with Gasteiger partial charge in [-0.15, -0.1) is 0 Å². The summed E-state index contributed by atoms with van der Waals surface area (Å²) in [6, 6.07) is 17.8. The van der Waals surface area contributed by atoms with Crippen molar-refractivity contribution in [2.24, 2.45) is 11.1 Å². The molecule has 0 bridgehead atoms. The quantitative estimate of drug-likeness (QED) is 0.289. The number of fused-ring (bicyclic) bond motifs is 2. The zero-order valence-electron chi connectivity index (χ0n) is 21.9. The van der Waals surface area contributed by atoms with Crippen LogP contribution in [0.4, 0.5) is 5.69 Å². The minimum atomic E-state index is -0.472. The number of benzene rings is 2. The molecule has 0 fully saturated rings. The molecule has 0 aliphatic carbocycles. The highest BCUT2D eigenvalue weighted by Gasteiger charge is 2.21. The second-order valence-electron chi connectivity index (χ2n) is 10.9. The van der Waals surface area contributed by atoms with Gasteiger partial charge in [-0.3, -0.25) is 9.78 Å². The Morgan fingerprint density at radius 1 is 1.05 bits per heavy atom. The Hall–Kier alpha value is -4.26. The van der Waals surface area contributed by atoms with E-state index in [0.29, 0.717) is 17.8 Å². The zero-order valence-corrected chi connectivity index (χ0v) is 21.9. The van der Waals surface area contributed by atoms with E-state index in [1.165, 1.54) is 0 Å². The van der Waals surface area contributed by atoms with Gasteiger partial charge < -0.3 is 11.1 Å². The molecule has 5 aromatic rings. The Morgan fingerprint density at radius 2 is 1.84 bits per heavy atom. The molecule has 37 heavy (non-hydrogen) atoms. The van der Waals surface area contributed by atoms with Crippen molar-refractivity contribution in [3.05, 3.63) is 78.2 Å². The lowest BCUT2D eigenvalue weighted by atomic mass is 9.96. The van der Waals surface area contributed by atoms with Crippen LogP contribution < -0.4 is 11.1 Å². The average molecular weight is 493 g/mol. The number of hydrogen-bond donors (Lipinski definition) is 2. The van der Waals surface area contributed by atoms with E-state index < -0.39 is 5.91 Å². The number of aromatic nitrogens is 4. The predicted octanol–water partition coefficient (Wildman–Crippen LogP) is 6.32. The number of nitrogens with zero attached hydrogens (tertiary/aromatic N) is 4. The van der Waals surface area contributed by atoms with E-state index in [1.807, 2.05) is 53.5 Å². The smallest absolute Gasteiger partial charge is 0.250 e. The number of carbonyl (C=O) groups is 1. The molecule has 0 saturated heterocycles. The molecule has 7 heteroatoms. The summed E-state index contributed by atoms with van der Waals surface area (Å²) < 4.78 is 1.86. The molecule has 0 spiro atoms. The molecular weight excluding hydrogens is 460 g/mol. The zero-order chi connectivity index (χ0) is 26.3. The Morgan fingerprint density at radius 3 is 2.57 bits per heavy atom. The summed E-state index contributed by atoms with van der Waals surface area (Å²) >= 11 is 0. The van der Waals surface area contributed by atoms with Gasteiger partial charge in [-0.1, -0.05) is 52.8 Å². The van der Waals surface area contributed by atoms with Gasteiger partial charge in [-0.2, -0.15) is 5.10 Å². The SMILES string of the molecule is CC(C)c1nn(-c2ccc(C(N)=O)c(NCC(C)(C)C)c2)c2nccc(-c3cnc4ccccc4c3)c12. The molecule has 0 atom stereocenters. The average Bonchev–Trinajstić information content (AvgIpc) is 3.27. The number of pyridine rings is 2. The molecule has 0 saturated carbocycles. The van der Waals surface area contributed by atoms with Crippen LogP contribution in [0.5, 0.6) is 0 Å². The van der Waals surface area contributed by atoms with Crippen LogP contribution in [0.1, 0.15) is 56.6 Å². The monoisotopic (exact) mass is 492 g/mol. The predicted molar refractivity (Wildman–Crippen MR) is 150 cm³/mol. The molecule has 7 nitrogen and oxygen atoms in total. The third kappa shape index (κ3) is 4.77. The number of nitrogens with one attached hydrogen (secondary N) is 1. The molecule has 3 aromatic heterocycles. The summed E-state index contributed by atoms with van der Waals surface area (Å²) in [6.07, 6.45) is 3.72. The van der Waals surface area contributed by atoms with Crippen LogP contribution >= 0.6 is 0 Å². The summed E-state index contributed by atoms with van der Waals surface area (Å²) in [5.74, 6) is -0.302. The van der Waals surface area contributed by atoms with Gasteiger partial charge in [-0.05, 0) is 53.3 Å². The minimum Gasteiger partial charge on any atom is -0.384 e. The molecular formula is C30H32N6O. The fourth-order valence-corrected chi connectivity index (χ4v) is 4.50. The number of nitrogens with two attached hydrogens (primary N) is 1. The molecule has 0 unspecified atom stereocenters. The van der Waals surface area contributed by atoms with Gasteiger partial charge in [-0.25, -0.2) is 9.67 Å². The second-order valence-corrected chi connectivity index (χ2v) is 10.9. The number of primary amides is 1. The first-order chi connectivity index (χ1) is 17.6. The van der Waals surface area contributed by atoms with Gasteiger partial charge in [0.2, 0.25) is 0 Å². The van der Waals surface area contributed by atoms with Gasteiger partial charge in [0.05, 0.1) is 27.8 Å². The van der Waals surface area contributed by atoms with E-state index in [0.717, 1.165) is 44.4 Å². The van der Waals surface area contributed by atoms with Crippen molar-refractivity contribution in [2.75, 3.05) is 11.9 Å². The Balaban J connectivity index is 1.69. The fraction of sp³-hybridized carbons (Fsp3) is 0.267. The van der Waals surface area contributed by atoms with Crippen LogP contribution in [0.2, 0.25) is 0 Å². The van der Waals surface area contributed by atoms with Crippen molar-refractivity contribution in [3.8, 4) is 16.8 Å². The number of anilines is 1. The molecule has 1 amide bonds. The second kappa shape index (κ2) is 9.32. The van der Waals surface area contributed by atoms with E-state index in [9.17, 15) is 4.79 Å². The highest BCUT2D eigenvalue weighted by Crippen LogP contribution is 2.35. The summed E-state index contributed by atoms with van der Waals surface area (Å²) in [5.41, 5.74) is 12.4. The maximum Gasteiger partial charge on any atom is 0.250 e. The maximum atomic E-state index is 12.1. The Bertz CT molecular complexity index is 1630. The van der Waals surface area contributed by atoms with Crippen molar-refractivity contribution >= 4 is 33.5 Å². The molecule has 5 rings (SSSR count). The lowest BCUT2D eigenvalue weighted by molar-refractivity contribution is 0.100. The number of rotatable bonds is 6. The summed E-state index contributed by atoms with van der Waals surface area (Å²) in [4.78, 5) is 21.6. The minimum absolute atomic E-state index is 0.0263. The van der Waals surface area contributed by atoms with E-state index in [2.05, 4.69) is 57.1 Å². The summed E-state index contributed by atoms with van der Waals surface area (Å²) in [7, 11) is 0. The number of para-hydroxylation sites is 1. The standard InChI is InChI=1S/C30H32N6O/c1-18(2)27-26-22(20-14-19-8-6-7-9-24(19)33-16-20)12-13-32-29(26)36(35-27)21-10-11-23(28(31)37)25(15-21)34-17-30(3,4)5/h6-16,18,34H,17H2,1-5H3,(H2,31,37). The van der Waals surface area contributed by atoms with Crippen LogP contribution in [-0.2, 0) is 0 Å². The molecule has 3 heterocycles. The van der Waals surface area contributed by atoms with Crippen LogP contribution in [0, 0.1) is 5.41 Å². The van der Waals surface area contributed by atoms with Crippen molar-refractivity contribution in [2.45, 2.75) is 40.5 Å². The Labute approximate surface area is 216 Å². The van der Waals surface area contributed by atoms with Crippen molar-refractivity contribution < 1.29 is 4.79 Å². The fourth-order valence-electron chi connectivity index (χ4n) is 4.50. The molecule has 0 radical (unpaired) electrons. The third-order valence-corrected chi connectivity index (χ3v) is 6.37. The molecule has 3 N–H and O–H groups in total. The first-order valence-corrected chi connectivity index (χ1v) is 12.5. The van der Waals surface area contributed by atoms with Gasteiger partial charge >= 0.3 is 0 Å². The molecule has 0 aliphatic rings. The molecule has 0 aliphatic heterocycles. The molecule has 188 valence electrons. The van der Waals surface area contributed by atoms with Crippen molar-refractivity contribution in [1.29, 1.82) is 0 Å². The number of carbonyl (C=O) groups excluding carboxylic acids is 1. The topological polar surface area (TPSA) is 98.7 Å². The van der Waals surface area contributed by atoms with E-state index in [4.69, 9.17) is 15.8 Å². The van der Waals surface area contributed by atoms with E-state index >= 15 is 0 Å². The Kier molecular flexibility index (Phi) is 6.15. The number of amides is 1. The van der Waals surface area contributed by atoms with E-state index in [1.54, 1.807) is 6.07 Å². The summed E-state index contributed by atoms with van der Waals surface area (Å²) in [6.45, 7) is 11.4. The van der Waals surface area contributed by atoms with Crippen molar-refractivity contribution in [1.82, 2.24) is 19.7 Å². The van der Waals surface area contributed by atoms with Crippen LogP contribution in [0.25, 0.3) is 38.8 Å². The highest BCUT2D eigenvalue weighted by atomic mass is 16.1. The number of hydrogen-bond acceptors (Lipinski definition) is 5. The van der Waals surface area contributed by atoms with Gasteiger partial charge in [0.15, 0.2) is 5.65 Å². The van der Waals surface area contributed by atoms with Crippen LogP contribution in [0.3, 0.4) is 0 Å². The molecule has 2 aromatic carbocycles. The largest absolute Gasteiger partial charge is 0.384 e.